The molecule has 0 saturated heterocycles. The van der Waals surface area contributed by atoms with Crippen molar-refractivity contribution in [2.24, 2.45) is 5.92 Å². The lowest BCUT2D eigenvalue weighted by Gasteiger charge is -2.00. The Kier molecular flexibility index (Phi) is 3.53. The second kappa shape index (κ2) is 4.45. The molecule has 1 saturated carbocycles. The largest absolute Gasteiger partial charge is 0.481 e. The molecule has 0 amide bonds. The number of nitrogens with one attached hydrogen (secondary N) is 1. The van der Waals surface area contributed by atoms with E-state index in [1.54, 1.807) is 0 Å². The minimum absolute atomic E-state index is 0.105. The maximum atomic E-state index is 10.4. The number of carboxylic acids is 1. The average Bonchev–Trinajstić information content (AvgIpc) is 2.77. The number of aliphatic carboxylic acids is 1. The third-order valence-electron chi connectivity index (χ3n) is 2.29. The van der Waals surface area contributed by atoms with Crippen molar-refractivity contribution in [1.29, 1.82) is 0 Å². The number of rotatable bonds is 6. The van der Waals surface area contributed by atoms with E-state index in [2.05, 4.69) is 12.2 Å². The maximum absolute atomic E-state index is 10.4. The van der Waals surface area contributed by atoms with Crippen molar-refractivity contribution < 1.29 is 9.90 Å². The number of hydrogen-bond acceptors (Lipinski definition) is 2. The van der Waals surface area contributed by atoms with Gasteiger partial charge in [0.1, 0.15) is 0 Å². The van der Waals surface area contributed by atoms with Crippen LogP contribution in [0.3, 0.4) is 0 Å². The van der Waals surface area contributed by atoms with Gasteiger partial charge in [-0.25, -0.2) is 0 Å². The van der Waals surface area contributed by atoms with E-state index in [1.807, 2.05) is 0 Å². The fourth-order valence-corrected chi connectivity index (χ4v) is 1.36. The van der Waals surface area contributed by atoms with Gasteiger partial charge in [0.2, 0.25) is 0 Å². The van der Waals surface area contributed by atoms with Gasteiger partial charge in [-0.05, 0) is 19.4 Å². The van der Waals surface area contributed by atoms with Crippen molar-refractivity contribution in [1.82, 2.24) is 5.32 Å². The topological polar surface area (TPSA) is 49.3 Å². The van der Waals surface area contributed by atoms with Crippen LogP contribution >= 0.6 is 0 Å². The summed E-state index contributed by atoms with van der Waals surface area (Å²) in [5.74, 6) is -0.755. The fourth-order valence-electron chi connectivity index (χ4n) is 1.36. The zero-order valence-electron chi connectivity index (χ0n) is 7.55. The maximum Gasteiger partial charge on any atom is 0.308 e. The fraction of sp³-hybridized carbons (Fsp3) is 0.889. The second-order valence-electron chi connectivity index (χ2n) is 3.45. The predicted octanol–water partition coefficient (Wildman–Crippen LogP) is 1.24. The molecule has 3 nitrogen and oxygen atoms in total. The zero-order chi connectivity index (χ0) is 8.97. The van der Waals surface area contributed by atoms with E-state index in [9.17, 15) is 4.79 Å². The summed E-state index contributed by atoms with van der Waals surface area (Å²) in [4.78, 5) is 10.4. The third kappa shape index (κ3) is 2.81. The van der Waals surface area contributed by atoms with Crippen molar-refractivity contribution in [3.8, 4) is 0 Å². The molecule has 0 radical (unpaired) electrons. The van der Waals surface area contributed by atoms with E-state index in [-0.39, 0.29) is 12.0 Å². The highest BCUT2D eigenvalue weighted by Crippen LogP contribution is 2.30. The number of unbranched alkanes of at least 4 members (excludes halogenated alkanes) is 2. The average molecular weight is 171 g/mol. The molecule has 70 valence electrons. The Morgan fingerprint density at radius 1 is 1.58 bits per heavy atom. The van der Waals surface area contributed by atoms with E-state index in [0.29, 0.717) is 0 Å². The van der Waals surface area contributed by atoms with Crippen LogP contribution in [0.2, 0.25) is 0 Å². The molecule has 12 heavy (non-hydrogen) atoms. The van der Waals surface area contributed by atoms with E-state index < -0.39 is 5.97 Å². The third-order valence-corrected chi connectivity index (χ3v) is 2.29. The first-order chi connectivity index (χ1) is 5.75. The molecule has 0 heterocycles. The van der Waals surface area contributed by atoms with Crippen LogP contribution in [0.5, 0.6) is 0 Å². The Morgan fingerprint density at radius 2 is 2.33 bits per heavy atom. The highest BCUT2D eigenvalue weighted by atomic mass is 16.4. The molecule has 1 rings (SSSR count). The minimum Gasteiger partial charge on any atom is -0.481 e. The Labute approximate surface area is 73.2 Å². The van der Waals surface area contributed by atoms with E-state index in [0.717, 1.165) is 13.0 Å². The van der Waals surface area contributed by atoms with Crippen LogP contribution in [-0.4, -0.2) is 23.7 Å². The summed E-state index contributed by atoms with van der Waals surface area (Å²) >= 11 is 0. The van der Waals surface area contributed by atoms with Crippen LogP contribution < -0.4 is 5.32 Å². The van der Waals surface area contributed by atoms with Gasteiger partial charge in [0, 0.05) is 6.04 Å². The molecule has 1 fully saturated rings. The van der Waals surface area contributed by atoms with E-state index >= 15 is 0 Å². The summed E-state index contributed by atoms with van der Waals surface area (Å²) in [6.45, 7) is 3.14. The zero-order valence-corrected chi connectivity index (χ0v) is 7.55. The Balaban J connectivity index is 1.93. The standard InChI is InChI=1S/C9H17NO2/c1-2-3-4-5-10-8-6-7(8)9(11)12/h7-8,10H,2-6H2,1H3,(H,11,12). The Morgan fingerprint density at radius 3 is 2.83 bits per heavy atom. The molecule has 1 aliphatic carbocycles. The van der Waals surface area contributed by atoms with Gasteiger partial charge in [0.25, 0.3) is 0 Å². The van der Waals surface area contributed by atoms with Crippen LogP contribution in [0.25, 0.3) is 0 Å². The van der Waals surface area contributed by atoms with Gasteiger partial charge in [-0.15, -0.1) is 0 Å². The molecule has 0 aromatic carbocycles. The van der Waals surface area contributed by atoms with Crippen molar-refractivity contribution in [3.05, 3.63) is 0 Å². The molecule has 2 N–H and O–H groups in total. The lowest BCUT2D eigenvalue weighted by Crippen LogP contribution is -2.21. The summed E-state index contributed by atoms with van der Waals surface area (Å²) in [7, 11) is 0. The van der Waals surface area contributed by atoms with Gasteiger partial charge in [-0.1, -0.05) is 19.8 Å². The number of hydrogen-bond donors (Lipinski definition) is 2. The molecule has 0 aliphatic heterocycles. The molecule has 0 aromatic rings. The summed E-state index contributed by atoms with van der Waals surface area (Å²) in [5, 5.41) is 11.8. The molecular weight excluding hydrogens is 154 g/mol. The van der Waals surface area contributed by atoms with Crippen LogP contribution in [0.1, 0.15) is 32.6 Å². The van der Waals surface area contributed by atoms with Crippen LogP contribution in [-0.2, 0) is 4.79 Å². The second-order valence-corrected chi connectivity index (χ2v) is 3.45. The van der Waals surface area contributed by atoms with Gasteiger partial charge in [-0.3, -0.25) is 4.79 Å². The summed E-state index contributed by atoms with van der Waals surface area (Å²) in [6.07, 6.45) is 4.44. The summed E-state index contributed by atoms with van der Waals surface area (Å²) in [6, 6.07) is 0.263. The number of carbonyl (C=O) groups is 1. The van der Waals surface area contributed by atoms with Gasteiger partial charge in [0.15, 0.2) is 0 Å². The summed E-state index contributed by atoms with van der Waals surface area (Å²) in [5.41, 5.74) is 0. The molecule has 0 aromatic heterocycles. The molecule has 2 atom stereocenters. The van der Waals surface area contributed by atoms with Gasteiger partial charge in [0.05, 0.1) is 5.92 Å². The van der Waals surface area contributed by atoms with Crippen molar-refractivity contribution in [3.63, 3.8) is 0 Å². The minimum atomic E-state index is -0.650. The lowest BCUT2D eigenvalue weighted by molar-refractivity contribution is -0.138. The predicted molar refractivity (Wildman–Crippen MR) is 47.1 cm³/mol. The first-order valence-corrected chi connectivity index (χ1v) is 4.72. The Bertz CT molecular complexity index is 159. The van der Waals surface area contributed by atoms with Gasteiger partial charge in [-0.2, -0.15) is 0 Å². The monoisotopic (exact) mass is 171 g/mol. The molecule has 0 bridgehead atoms. The van der Waals surface area contributed by atoms with Crippen molar-refractivity contribution in [2.45, 2.75) is 38.6 Å². The molecule has 1 aliphatic rings. The SMILES string of the molecule is CCCCCNC1CC1C(=O)O. The van der Waals surface area contributed by atoms with Crippen molar-refractivity contribution in [2.75, 3.05) is 6.54 Å². The van der Waals surface area contributed by atoms with Gasteiger partial charge < -0.3 is 10.4 Å². The molecule has 3 heteroatoms. The summed E-state index contributed by atoms with van der Waals surface area (Å²) < 4.78 is 0. The molecular formula is C9H17NO2. The van der Waals surface area contributed by atoms with Crippen molar-refractivity contribution >= 4 is 5.97 Å². The van der Waals surface area contributed by atoms with Crippen LogP contribution in [0, 0.1) is 5.92 Å². The van der Waals surface area contributed by atoms with Crippen LogP contribution in [0.15, 0.2) is 0 Å². The number of carboxylic acid groups (broad SMARTS) is 1. The van der Waals surface area contributed by atoms with Crippen LogP contribution in [0.4, 0.5) is 0 Å². The first-order valence-electron chi connectivity index (χ1n) is 4.72. The Hall–Kier alpha value is -0.570. The highest BCUT2D eigenvalue weighted by molar-refractivity contribution is 5.74. The first kappa shape index (κ1) is 9.52. The van der Waals surface area contributed by atoms with E-state index in [4.69, 9.17) is 5.11 Å². The highest BCUT2D eigenvalue weighted by Gasteiger charge is 2.42. The quantitative estimate of drug-likeness (QED) is 0.591. The lowest BCUT2D eigenvalue weighted by atomic mass is 10.2. The van der Waals surface area contributed by atoms with Gasteiger partial charge >= 0.3 is 5.97 Å². The molecule has 0 spiro atoms. The smallest absolute Gasteiger partial charge is 0.308 e. The molecule has 2 unspecified atom stereocenters. The van der Waals surface area contributed by atoms with E-state index in [1.165, 1.54) is 19.3 Å². The normalized spacial score (nSPS) is 27.1.